The highest BCUT2D eigenvalue weighted by Gasteiger charge is 2.13. The van der Waals surface area contributed by atoms with Crippen LogP contribution >= 0.6 is 0 Å². The van der Waals surface area contributed by atoms with Crippen molar-refractivity contribution in [2.24, 2.45) is 0 Å². The summed E-state index contributed by atoms with van der Waals surface area (Å²) in [6, 6.07) is 9.12. The number of halogens is 2. The number of benzene rings is 2. The van der Waals surface area contributed by atoms with Crippen LogP contribution in [0.1, 0.15) is 17.5 Å². The van der Waals surface area contributed by atoms with Crippen molar-refractivity contribution in [1.29, 1.82) is 0 Å². The Bertz CT molecular complexity index is 716. The summed E-state index contributed by atoms with van der Waals surface area (Å²) in [5, 5.41) is 0. The molecule has 0 radical (unpaired) electrons. The first-order valence-electron chi connectivity index (χ1n) is 7.35. The summed E-state index contributed by atoms with van der Waals surface area (Å²) in [7, 11) is 3.05. The van der Waals surface area contributed by atoms with Gasteiger partial charge in [0.2, 0.25) is 0 Å². The normalized spacial score (nSPS) is 10.3. The average molecular weight is 336 g/mol. The molecule has 2 rings (SSSR count). The van der Waals surface area contributed by atoms with E-state index in [2.05, 4.69) is 0 Å². The SMILES string of the molecule is COc1cccc(CCC(=O)OCc2cccc(F)c2F)c1OC. The van der Waals surface area contributed by atoms with Gasteiger partial charge in [-0.05, 0) is 24.1 Å². The molecular weight excluding hydrogens is 318 g/mol. The van der Waals surface area contributed by atoms with Gasteiger partial charge in [0.15, 0.2) is 23.1 Å². The lowest BCUT2D eigenvalue weighted by Crippen LogP contribution is -2.08. The van der Waals surface area contributed by atoms with Gasteiger partial charge >= 0.3 is 5.97 Å². The van der Waals surface area contributed by atoms with Crippen LogP contribution < -0.4 is 9.47 Å². The van der Waals surface area contributed by atoms with E-state index >= 15 is 0 Å². The number of carbonyl (C=O) groups excluding carboxylic acids is 1. The van der Waals surface area contributed by atoms with E-state index < -0.39 is 17.6 Å². The zero-order chi connectivity index (χ0) is 17.5. The lowest BCUT2D eigenvalue weighted by Gasteiger charge is -2.12. The monoisotopic (exact) mass is 336 g/mol. The minimum Gasteiger partial charge on any atom is -0.493 e. The van der Waals surface area contributed by atoms with Crippen molar-refractivity contribution < 1.29 is 27.8 Å². The van der Waals surface area contributed by atoms with Gasteiger partial charge in [-0.25, -0.2) is 8.78 Å². The fourth-order valence-corrected chi connectivity index (χ4v) is 2.28. The predicted molar refractivity (Wildman–Crippen MR) is 84.0 cm³/mol. The topological polar surface area (TPSA) is 44.8 Å². The second-order valence-electron chi connectivity index (χ2n) is 5.03. The third-order valence-corrected chi connectivity index (χ3v) is 3.50. The van der Waals surface area contributed by atoms with Gasteiger partial charge in [-0.15, -0.1) is 0 Å². The zero-order valence-electron chi connectivity index (χ0n) is 13.5. The summed E-state index contributed by atoms with van der Waals surface area (Å²) >= 11 is 0. The van der Waals surface area contributed by atoms with Crippen LogP contribution in [0.2, 0.25) is 0 Å². The molecule has 0 N–H and O–H groups in total. The maximum absolute atomic E-state index is 13.5. The number of ether oxygens (including phenoxy) is 3. The van der Waals surface area contributed by atoms with E-state index in [0.29, 0.717) is 17.9 Å². The van der Waals surface area contributed by atoms with E-state index in [4.69, 9.17) is 14.2 Å². The molecule has 0 spiro atoms. The van der Waals surface area contributed by atoms with Gasteiger partial charge in [-0.2, -0.15) is 0 Å². The van der Waals surface area contributed by atoms with Crippen molar-refractivity contribution in [2.45, 2.75) is 19.4 Å². The van der Waals surface area contributed by atoms with Crippen molar-refractivity contribution >= 4 is 5.97 Å². The fraction of sp³-hybridized carbons (Fsp3) is 0.278. The lowest BCUT2D eigenvalue weighted by atomic mass is 10.1. The first-order valence-corrected chi connectivity index (χ1v) is 7.35. The van der Waals surface area contributed by atoms with Crippen LogP contribution in [0.3, 0.4) is 0 Å². The van der Waals surface area contributed by atoms with E-state index in [1.165, 1.54) is 26.4 Å². The molecular formula is C18H18F2O4. The van der Waals surface area contributed by atoms with Gasteiger partial charge in [-0.1, -0.05) is 24.3 Å². The average Bonchev–Trinajstić information content (AvgIpc) is 2.60. The molecule has 0 heterocycles. The van der Waals surface area contributed by atoms with Gasteiger partial charge in [0.1, 0.15) is 6.61 Å². The first-order chi connectivity index (χ1) is 11.6. The highest BCUT2D eigenvalue weighted by Crippen LogP contribution is 2.31. The van der Waals surface area contributed by atoms with Crippen molar-refractivity contribution in [2.75, 3.05) is 14.2 Å². The molecule has 0 aromatic heterocycles. The molecule has 0 atom stereocenters. The second-order valence-corrected chi connectivity index (χ2v) is 5.03. The Morgan fingerprint density at radius 1 is 1.00 bits per heavy atom. The van der Waals surface area contributed by atoms with E-state index in [-0.39, 0.29) is 18.6 Å². The number of aryl methyl sites for hydroxylation is 1. The van der Waals surface area contributed by atoms with Gasteiger partial charge in [0.05, 0.1) is 14.2 Å². The molecule has 6 heteroatoms. The molecule has 2 aromatic carbocycles. The Kier molecular flexibility index (Phi) is 6.12. The van der Waals surface area contributed by atoms with Crippen LogP contribution in [0, 0.1) is 11.6 Å². The van der Waals surface area contributed by atoms with Gasteiger partial charge in [0, 0.05) is 12.0 Å². The first kappa shape index (κ1) is 17.7. The Morgan fingerprint density at radius 2 is 1.71 bits per heavy atom. The summed E-state index contributed by atoms with van der Waals surface area (Å²) in [6.07, 6.45) is 0.464. The van der Waals surface area contributed by atoms with E-state index in [1.54, 1.807) is 12.1 Å². The highest BCUT2D eigenvalue weighted by molar-refractivity contribution is 5.70. The summed E-state index contributed by atoms with van der Waals surface area (Å²) in [4.78, 5) is 11.8. The van der Waals surface area contributed by atoms with Crippen LogP contribution in [-0.4, -0.2) is 20.2 Å². The largest absolute Gasteiger partial charge is 0.493 e. The van der Waals surface area contributed by atoms with Crippen LogP contribution in [0.5, 0.6) is 11.5 Å². The Balaban J connectivity index is 1.93. The molecule has 2 aromatic rings. The number of hydrogen-bond donors (Lipinski definition) is 0. The molecule has 0 aliphatic heterocycles. The van der Waals surface area contributed by atoms with Crippen LogP contribution in [-0.2, 0) is 22.6 Å². The molecule has 0 fully saturated rings. The summed E-state index contributed by atoms with van der Waals surface area (Å²) < 4.78 is 42.1. The number of rotatable bonds is 7. The fourth-order valence-electron chi connectivity index (χ4n) is 2.28. The molecule has 0 saturated heterocycles. The highest BCUT2D eigenvalue weighted by atomic mass is 19.2. The van der Waals surface area contributed by atoms with Gasteiger partial charge in [-0.3, -0.25) is 4.79 Å². The molecule has 24 heavy (non-hydrogen) atoms. The number of methoxy groups -OCH3 is 2. The number of para-hydroxylation sites is 1. The Hall–Kier alpha value is -2.63. The molecule has 0 unspecified atom stereocenters. The molecule has 0 saturated carbocycles. The van der Waals surface area contributed by atoms with Crippen LogP contribution in [0.25, 0.3) is 0 Å². The Morgan fingerprint density at radius 3 is 2.42 bits per heavy atom. The summed E-state index contributed by atoms with van der Waals surface area (Å²) in [5.41, 5.74) is 0.799. The standard InChI is InChI=1S/C18H18F2O4/c1-22-15-8-4-5-12(18(15)23-2)9-10-16(21)24-11-13-6-3-7-14(19)17(13)20/h3-8H,9-11H2,1-2H3. The minimum absolute atomic E-state index is 0.00214. The Labute approximate surface area is 139 Å². The van der Waals surface area contributed by atoms with Crippen molar-refractivity contribution in [3.8, 4) is 11.5 Å². The quantitative estimate of drug-likeness (QED) is 0.724. The molecule has 0 bridgehead atoms. The lowest BCUT2D eigenvalue weighted by molar-refractivity contribution is -0.145. The maximum Gasteiger partial charge on any atom is 0.306 e. The van der Waals surface area contributed by atoms with E-state index in [9.17, 15) is 13.6 Å². The molecule has 128 valence electrons. The molecule has 0 aliphatic rings. The number of esters is 1. The van der Waals surface area contributed by atoms with Crippen LogP contribution in [0.15, 0.2) is 36.4 Å². The minimum atomic E-state index is -1.00. The summed E-state index contributed by atoms with van der Waals surface area (Å²) in [5.74, 6) is -1.35. The molecule has 4 nitrogen and oxygen atoms in total. The third kappa shape index (κ3) is 4.22. The van der Waals surface area contributed by atoms with Crippen molar-refractivity contribution in [3.05, 3.63) is 59.2 Å². The zero-order valence-corrected chi connectivity index (χ0v) is 13.5. The second kappa shape index (κ2) is 8.29. The van der Waals surface area contributed by atoms with Gasteiger partial charge in [0.25, 0.3) is 0 Å². The van der Waals surface area contributed by atoms with Crippen molar-refractivity contribution in [1.82, 2.24) is 0 Å². The smallest absolute Gasteiger partial charge is 0.306 e. The predicted octanol–water partition coefficient (Wildman–Crippen LogP) is 3.66. The third-order valence-electron chi connectivity index (χ3n) is 3.50. The van der Waals surface area contributed by atoms with Crippen LogP contribution in [0.4, 0.5) is 8.78 Å². The van der Waals surface area contributed by atoms with Gasteiger partial charge < -0.3 is 14.2 Å². The number of carbonyl (C=O) groups is 1. The number of hydrogen-bond acceptors (Lipinski definition) is 4. The molecule has 0 aliphatic carbocycles. The maximum atomic E-state index is 13.5. The van der Waals surface area contributed by atoms with E-state index in [1.807, 2.05) is 6.07 Å². The van der Waals surface area contributed by atoms with E-state index in [0.717, 1.165) is 11.6 Å². The molecule has 0 amide bonds. The summed E-state index contributed by atoms with van der Waals surface area (Å²) in [6.45, 7) is -0.308. The van der Waals surface area contributed by atoms with Crippen molar-refractivity contribution in [3.63, 3.8) is 0 Å².